The second-order valence-electron chi connectivity index (χ2n) is 7.91. The van der Waals surface area contributed by atoms with Crippen molar-refractivity contribution in [2.75, 3.05) is 25.1 Å². The van der Waals surface area contributed by atoms with Gasteiger partial charge in [-0.1, -0.05) is 0 Å². The van der Waals surface area contributed by atoms with Crippen LogP contribution >= 0.6 is 27.7 Å². The number of anilines is 1. The molecule has 2 aromatic carbocycles. The number of benzene rings is 2. The molecule has 1 fully saturated rings. The summed E-state index contributed by atoms with van der Waals surface area (Å²) in [6.45, 7) is 4.59. The van der Waals surface area contributed by atoms with Crippen molar-refractivity contribution < 1.29 is 37.8 Å². The molecular formula is C25H24BrFN2O7S. The van der Waals surface area contributed by atoms with E-state index < -0.39 is 35.4 Å². The van der Waals surface area contributed by atoms with Gasteiger partial charge >= 0.3 is 5.97 Å². The maximum Gasteiger partial charge on any atom is 0.326 e. The van der Waals surface area contributed by atoms with Crippen LogP contribution in [0.1, 0.15) is 26.3 Å². The van der Waals surface area contributed by atoms with Crippen LogP contribution in [0, 0.1) is 5.82 Å². The molecular weight excluding hydrogens is 571 g/mol. The summed E-state index contributed by atoms with van der Waals surface area (Å²) < 4.78 is 29.8. The molecule has 1 aliphatic heterocycles. The molecule has 0 aliphatic carbocycles. The van der Waals surface area contributed by atoms with Crippen LogP contribution in [0.5, 0.6) is 11.5 Å². The molecule has 9 nitrogen and oxygen atoms in total. The zero-order chi connectivity index (χ0) is 27.1. The molecule has 0 bridgehead atoms. The zero-order valence-electron chi connectivity index (χ0n) is 20.2. The van der Waals surface area contributed by atoms with Gasteiger partial charge in [-0.05, 0) is 96.5 Å². The van der Waals surface area contributed by atoms with Crippen molar-refractivity contribution in [3.05, 3.63) is 57.2 Å². The van der Waals surface area contributed by atoms with Crippen molar-refractivity contribution >= 4 is 62.5 Å². The quantitative estimate of drug-likeness (QED) is 0.302. The molecule has 0 radical (unpaired) electrons. The Kier molecular flexibility index (Phi) is 9.70. The molecule has 37 heavy (non-hydrogen) atoms. The maximum absolute atomic E-state index is 13.0. The van der Waals surface area contributed by atoms with Gasteiger partial charge < -0.3 is 19.5 Å². The van der Waals surface area contributed by atoms with E-state index in [0.717, 1.165) is 4.90 Å². The number of rotatable bonds is 10. The van der Waals surface area contributed by atoms with Crippen molar-refractivity contribution in [3.8, 4) is 11.5 Å². The summed E-state index contributed by atoms with van der Waals surface area (Å²) in [5.41, 5.74) is 0.939. The minimum absolute atomic E-state index is 0.129. The number of carbonyl (C=O) groups excluding carboxylic acids is 4. The first kappa shape index (κ1) is 28.2. The molecule has 1 N–H and O–H groups in total. The smallest absolute Gasteiger partial charge is 0.326 e. The molecule has 0 spiro atoms. The maximum atomic E-state index is 13.0. The van der Waals surface area contributed by atoms with Gasteiger partial charge in [0.05, 0.1) is 22.1 Å². The van der Waals surface area contributed by atoms with Gasteiger partial charge in [-0.15, -0.1) is 0 Å². The fourth-order valence-corrected chi connectivity index (χ4v) is 4.57. The van der Waals surface area contributed by atoms with Gasteiger partial charge in [-0.25, -0.2) is 4.39 Å². The van der Waals surface area contributed by atoms with Gasteiger partial charge in [-0.2, -0.15) is 0 Å². The highest BCUT2D eigenvalue weighted by atomic mass is 79.9. The molecule has 0 atom stereocenters. The number of hydrogen-bond donors (Lipinski definition) is 1. The van der Waals surface area contributed by atoms with Crippen LogP contribution in [0.3, 0.4) is 0 Å². The normalized spacial score (nSPS) is 14.3. The molecule has 1 saturated heterocycles. The fourth-order valence-electron chi connectivity index (χ4n) is 3.16. The highest BCUT2D eigenvalue weighted by molar-refractivity contribution is 9.10. The van der Waals surface area contributed by atoms with Crippen LogP contribution in [0.15, 0.2) is 45.8 Å². The second-order valence-corrected chi connectivity index (χ2v) is 9.76. The van der Waals surface area contributed by atoms with Gasteiger partial charge in [0.15, 0.2) is 18.1 Å². The number of hydrogen-bond acceptors (Lipinski definition) is 8. The summed E-state index contributed by atoms with van der Waals surface area (Å²) in [4.78, 5) is 50.2. The Morgan fingerprint density at radius 3 is 2.51 bits per heavy atom. The predicted molar refractivity (Wildman–Crippen MR) is 140 cm³/mol. The number of carbonyl (C=O) groups is 4. The third kappa shape index (κ3) is 7.80. The largest absolute Gasteiger partial charge is 0.490 e. The van der Waals surface area contributed by atoms with E-state index in [1.165, 1.54) is 30.3 Å². The van der Waals surface area contributed by atoms with E-state index in [4.69, 9.17) is 14.2 Å². The van der Waals surface area contributed by atoms with Crippen molar-refractivity contribution in [3.63, 3.8) is 0 Å². The first-order valence-corrected chi connectivity index (χ1v) is 12.8. The molecule has 0 aromatic heterocycles. The van der Waals surface area contributed by atoms with Crippen LogP contribution in [-0.4, -0.2) is 53.8 Å². The molecule has 12 heteroatoms. The number of nitrogens with zero attached hydrogens (tertiary/aromatic N) is 1. The summed E-state index contributed by atoms with van der Waals surface area (Å²) in [6, 6.07) is 8.55. The molecule has 2 aromatic rings. The molecule has 196 valence electrons. The highest BCUT2D eigenvalue weighted by Gasteiger charge is 2.37. The number of ether oxygens (including phenoxy) is 3. The van der Waals surface area contributed by atoms with Gasteiger partial charge in [0.1, 0.15) is 12.4 Å². The van der Waals surface area contributed by atoms with E-state index in [1.54, 1.807) is 32.9 Å². The molecule has 1 heterocycles. The Morgan fingerprint density at radius 2 is 1.86 bits per heavy atom. The Morgan fingerprint density at radius 1 is 1.16 bits per heavy atom. The van der Waals surface area contributed by atoms with E-state index in [0.29, 0.717) is 39.8 Å². The Hall–Kier alpha value is -3.38. The summed E-state index contributed by atoms with van der Waals surface area (Å²) in [5.74, 6) is -1.60. The van der Waals surface area contributed by atoms with Crippen LogP contribution < -0.4 is 14.8 Å². The number of thioether (sulfide) groups is 1. The number of esters is 1. The second kappa shape index (κ2) is 12.7. The SMILES string of the molecule is CCOc1cc(/C=C2/SC(=O)N(CC(=O)OC(C)C)C2=O)cc(Br)c1OCC(=O)Nc1ccc(F)cc1. The van der Waals surface area contributed by atoms with Gasteiger partial charge in [0.2, 0.25) is 0 Å². The van der Waals surface area contributed by atoms with Crippen LogP contribution in [0.4, 0.5) is 14.9 Å². The topological polar surface area (TPSA) is 111 Å². The fraction of sp³-hybridized carbons (Fsp3) is 0.280. The van der Waals surface area contributed by atoms with Gasteiger partial charge in [0.25, 0.3) is 17.1 Å². The lowest BCUT2D eigenvalue weighted by atomic mass is 10.2. The first-order chi connectivity index (χ1) is 17.6. The number of imide groups is 1. The summed E-state index contributed by atoms with van der Waals surface area (Å²) in [5, 5.41) is 2.03. The monoisotopic (exact) mass is 594 g/mol. The van der Waals surface area contributed by atoms with Crippen molar-refractivity contribution in [1.29, 1.82) is 0 Å². The highest BCUT2D eigenvalue weighted by Crippen LogP contribution is 2.39. The van der Waals surface area contributed by atoms with E-state index in [9.17, 15) is 23.6 Å². The van der Waals surface area contributed by atoms with Crippen molar-refractivity contribution in [2.45, 2.75) is 26.9 Å². The minimum atomic E-state index is -0.676. The third-order valence-corrected chi connectivity index (χ3v) is 6.13. The lowest BCUT2D eigenvalue weighted by Crippen LogP contribution is -2.35. The number of amides is 3. The molecule has 3 amide bonds. The lowest BCUT2D eigenvalue weighted by Gasteiger charge is -2.15. The minimum Gasteiger partial charge on any atom is -0.490 e. The van der Waals surface area contributed by atoms with Crippen molar-refractivity contribution in [2.24, 2.45) is 0 Å². The Balaban J connectivity index is 1.74. The third-order valence-electron chi connectivity index (χ3n) is 4.63. The summed E-state index contributed by atoms with van der Waals surface area (Å²) in [6.07, 6.45) is 1.13. The van der Waals surface area contributed by atoms with E-state index in [1.807, 2.05) is 0 Å². The number of halogens is 2. The number of nitrogens with one attached hydrogen (secondary N) is 1. The molecule has 0 unspecified atom stereocenters. The predicted octanol–water partition coefficient (Wildman–Crippen LogP) is 4.99. The van der Waals surface area contributed by atoms with Crippen LogP contribution in [-0.2, 0) is 19.1 Å². The average Bonchev–Trinajstić information content (AvgIpc) is 3.07. The van der Waals surface area contributed by atoms with Gasteiger partial charge in [0, 0.05) is 5.69 Å². The Labute approximate surface area is 225 Å². The van der Waals surface area contributed by atoms with E-state index >= 15 is 0 Å². The van der Waals surface area contributed by atoms with Crippen molar-refractivity contribution in [1.82, 2.24) is 4.90 Å². The lowest BCUT2D eigenvalue weighted by molar-refractivity contribution is -0.149. The molecule has 3 rings (SSSR count). The molecule has 0 saturated carbocycles. The van der Waals surface area contributed by atoms with Crippen LogP contribution in [0.2, 0.25) is 0 Å². The summed E-state index contributed by atoms with van der Waals surface area (Å²) in [7, 11) is 0. The van der Waals surface area contributed by atoms with Crippen LogP contribution in [0.25, 0.3) is 6.08 Å². The molecule has 1 aliphatic rings. The zero-order valence-corrected chi connectivity index (χ0v) is 22.6. The standard InChI is InChI=1S/C25H24BrFN2O7S/c1-4-34-19-10-15(11-20-24(32)29(25(33)37-20)12-22(31)36-14(2)3)9-18(26)23(19)35-13-21(30)28-17-7-5-16(27)6-8-17/h5-11,14H,4,12-13H2,1-3H3,(H,28,30)/b20-11+. The average molecular weight is 595 g/mol. The van der Waals surface area contributed by atoms with E-state index in [2.05, 4.69) is 21.2 Å². The Bertz CT molecular complexity index is 1230. The van der Waals surface area contributed by atoms with Gasteiger partial charge in [-0.3, -0.25) is 24.1 Å². The first-order valence-electron chi connectivity index (χ1n) is 11.2. The summed E-state index contributed by atoms with van der Waals surface area (Å²) >= 11 is 4.11. The van der Waals surface area contributed by atoms with E-state index in [-0.39, 0.29) is 23.4 Å².